The number of hydrogen-bond acceptors (Lipinski definition) is 4. The molecule has 158 valence electrons. The van der Waals surface area contributed by atoms with E-state index in [-0.39, 0.29) is 12.4 Å². The molecule has 0 aliphatic carbocycles. The van der Waals surface area contributed by atoms with Crippen LogP contribution in [0.25, 0.3) is 0 Å². The average molecular weight is 477 g/mol. The molecular formula is C22H16Cl3N3O3. The van der Waals surface area contributed by atoms with Crippen LogP contribution in [0.1, 0.15) is 21.9 Å². The van der Waals surface area contributed by atoms with Crippen LogP contribution in [0.2, 0.25) is 15.1 Å². The number of aromatic nitrogens is 2. The minimum Gasteiger partial charge on any atom is -0.484 e. The van der Waals surface area contributed by atoms with E-state index >= 15 is 0 Å². The van der Waals surface area contributed by atoms with Crippen LogP contribution in [-0.4, -0.2) is 15.7 Å². The van der Waals surface area contributed by atoms with E-state index in [1.807, 2.05) is 24.3 Å². The van der Waals surface area contributed by atoms with Gasteiger partial charge in [0, 0.05) is 16.2 Å². The van der Waals surface area contributed by atoms with Gasteiger partial charge in [-0.2, -0.15) is 5.10 Å². The maximum atomic E-state index is 12.5. The first-order chi connectivity index (χ1) is 15.0. The van der Waals surface area contributed by atoms with Gasteiger partial charge in [-0.15, -0.1) is 0 Å². The fraction of sp³-hybridized carbons (Fsp3) is 0.0909. The summed E-state index contributed by atoms with van der Waals surface area (Å²) in [6, 6.07) is 15.7. The largest absolute Gasteiger partial charge is 0.484 e. The number of amides is 1. The van der Waals surface area contributed by atoms with Gasteiger partial charge < -0.3 is 14.5 Å². The lowest BCUT2D eigenvalue weighted by molar-refractivity contribution is 0.0992. The maximum Gasteiger partial charge on any atom is 0.291 e. The number of anilines is 1. The molecule has 1 amide bonds. The first-order valence-electron chi connectivity index (χ1n) is 9.22. The monoisotopic (exact) mass is 475 g/mol. The van der Waals surface area contributed by atoms with Gasteiger partial charge in [0.15, 0.2) is 5.76 Å². The van der Waals surface area contributed by atoms with Gasteiger partial charge in [-0.1, -0.05) is 53.0 Å². The van der Waals surface area contributed by atoms with Crippen molar-refractivity contribution in [1.82, 2.24) is 9.78 Å². The highest BCUT2D eigenvalue weighted by Gasteiger charge is 2.14. The van der Waals surface area contributed by atoms with Crippen molar-refractivity contribution in [2.24, 2.45) is 0 Å². The van der Waals surface area contributed by atoms with E-state index in [4.69, 9.17) is 44.0 Å². The van der Waals surface area contributed by atoms with Gasteiger partial charge in [0.2, 0.25) is 0 Å². The van der Waals surface area contributed by atoms with Crippen molar-refractivity contribution in [2.45, 2.75) is 13.2 Å². The Kier molecular flexibility index (Phi) is 6.51. The van der Waals surface area contributed by atoms with Crippen molar-refractivity contribution in [3.8, 4) is 5.75 Å². The molecule has 0 fully saturated rings. The molecular weight excluding hydrogens is 461 g/mol. The molecule has 1 N–H and O–H groups in total. The number of carbonyl (C=O) groups excluding carboxylic acids is 1. The third-order valence-electron chi connectivity index (χ3n) is 4.33. The number of rotatable bonds is 7. The van der Waals surface area contributed by atoms with Gasteiger partial charge in [-0.25, -0.2) is 0 Å². The number of carbonyl (C=O) groups is 1. The smallest absolute Gasteiger partial charge is 0.291 e. The van der Waals surface area contributed by atoms with Crippen molar-refractivity contribution in [2.75, 3.05) is 5.32 Å². The predicted octanol–water partition coefficient (Wildman–Crippen LogP) is 6.32. The SMILES string of the molecule is O=C(Nc1cnn(Cc2ccccc2Cl)c1)c1ccc(COc2ccc(Cl)cc2Cl)o1. The predicted molar refractivity (Wildman–Crippen MR) is 120 cm³/mol. The third-order valence-corrected chi connectivity index (χ3v) is 5.23. The quantitative estimate of drug-likeness (QED) is 0.339. The highest BCUT2D eigenvalue weighted by molar-refractivity contribution is 6.35. The molecule has 0 aliphatic rings. The molecule has 0 atom stereocenters. The van der Waals surface area contributed by atoms with Gasteiger partial charge in [0.25, 0.3) is 5.91 Å². The summed E-state index contributed by atoms with van der Waals surface area (Å²) in [5, 5.41) is 8.58. The van der Waals surface area contributed by atoms with Gasteiger partial charge in [0.05, 0.1) is 23.5 Å². The van der Waals surface area contributed by atoms with E-state index in [1.54, 1.807) is 47.4 Å². The molecule has 0 spiro atoms. The van der Waals surface area contributed by atoms with E-state index < -0.39 is 5.91 Å². The van der Waals surface area contributed by atoms with Crippen molar-refractivity contribution in [3.63, 3.8) is 0 Å². The first kappa shape index (κ1) is 21.3. The molecule has 9 heteroatoms. The van der Waals surface area contributed by atoms with Gasteiger partial charge in [0.1, 0.15) is 18.1 Å². The minimum absolute atomic E-state index is 0.115. The van der Waals surface area contributed by atoms with Crippen LogP contribution in [0.3, 0.4) is 0 Å². The van der Waals surface area contributed by atoms with Crippen LogP contribution >= 0.6 is 34.8 Å². The normalized spacial score (nSPS) is 10.8. The number of hydrogen-bond donors (Lipinski definition) is 1. The fourth-order valence-electron chi connectivity index (χ4n) is 2.83. The van der Waals surface area contributed by atoms with Crippen LogP contribution in [0, 0.1) is 0 Å². The number of benzene rings is 2. The molecule has 4 aromatic rings. The van der Waals surface area contributed by atoms with Crippen molar-refractivity contribution >= 4 is 46.4 Å². The first-order valence-corrected chi connectivity index (χ1v) is 10.3. The zero-order valence-corrected chi connectivity index (χ0v) is 18.3. The van der Waals surface area contributed by atoms with Crippen molar-refractivity contribution in [1.29, 1.82) is 0 Å². The summed E-state index contributed by atoms with van der Waals surface area (Å²) in [5.74, 6) is 0.706. The average Bonchev–Trinajstić information content (AvgIpc) is 3.39. The molecule has 2 aromatic carbocycles. The maximum absolute atomic E-state index is 12.5. The van der Waals surface area contributed by atoms with Gasteiger partial charge >= 0.3 is 0 Å². The molecule has 31 heavy (non-hydrogen) atoms. The standard InChI is InChI=1S/C22H16Cl3N3O3/c23-15-5-7-20(19(25)9-15)30-13-17-6-8-21(31-17)22(29)27-16-10-26-28(12-16)11-14-3-1-2-4-18(14)24/h1-10,12H,11,13H2,(H,27,29). The van der Waals surface area contributed by atoms with E-state index in [0.29, 0.717) is 38.8 Å². The summed E-state index contributed by atoms with van der Waals surface area (Å²) in [4.78, 5) is 12.5. The van der Waals surface area contributed by atoms with E-state index in [0.717, 1.165) is 5.56 Å². The Morgan fingerprint density at radius 1 is 1.06 bits per heavy atom. The molecule has 0 bridgehead atoms. The molecule has 6 nitrogen and oxygen atoms in total. The van der Waals surface area contributed by atoms with Crippen LogP contribution < -0.4 is 10.1 Å². The molecule has 0 radical (unpaired) electrons. The zero-order chi connectivity index (χ0) is 21.8. The highest BCUT2D eigenvalue weighted by Crippen LogP contribution is 2.28. The second-order valence-corrected chi connectivity index (χ2v) is 7.85. The second-order valence-electron chi connectivity index (χ2n) is 6.60. The van der Waals surface area contributed by atoms with E-state index in [9.17, 15) is 4.79 Å². The molecule has 0 aliphatic heterocycles. The van der Waals surface area contributed by atoms with Crippen LogP contribution in [-0.2, 0) is 13.2 Å². The molecule has 0 saturated heterocycles. The Morgan fingerprint density at radius 3 is 2.71 bits per heavy atom. The Labute approximate surface area is 193 Å². The third kappa shape index (κ3) is 5.41. The van der Waals surface area contributed by atoms with Crippen molar-refractivity contribution in [3.05, 3.63) is 99.1 Å². The summed E-state index contributed by atoms with van der Waals surface area (Å²) in [6.45, 7) is 0.607. The lowest BCUT2D eigenvalue weighted by Crippen LogP contribution is -2.10. The Balaban J connectivity index is 1.35. The number of ether oxygens (including phenoxy) is 1. The Hall–Kier alpha value is -2.93. The summed E-state index contributed by atoms with van der Waals surface area (Å²) < 4.78 is 12.9. The Bertz CT molecular complexity index is 1220. The highest BCUT2D eigenvalue weighted by atomic mass is 35.5. The summed E-state index contributed by atoms with van der Waals surface area (Å²) in [7, 11) is 0. The number of halogens is 3. The molecule has 4 rings (SSSR count). The fourth-order valence-corrected chi connectivity index (χ4v) is 3.49. The summed E-state index contributed by atoms with van der Waals surface area (Å²) >= 11 is 18.1. The number of nitrogens with one attached hydrogen (secondary N) is 1. The lowest BCUT2D eigenvalue weighted by atomic mass is 10.2. The zero-order valence-electron chi connectivity index (χ0n) is 16.0. The second kappa shape index (κ2) is 9.47. The summed E-state index contributed by atoms with van der Waals surface area (Å²) in [5.41, 5.74) is 1.47. The molecule has 0 saturated carbocycles. The molecule has 0 unspecified atom stereocenters. The topological polar surface area (TPSA) is 69.3 Å². The van der Waals surface area contributed by atoms with Crippen LogP contribution in [0.15, 0.2) is 71.4 Å². The number of nitrogens with zero attached hydrogens (tertiary/aromatic N) is 2. The Morgan fingerprint density at radius 2 is 1.90 bits per heavy atom. The van der Waals surface area contributed by atoms with Crippen LogP contribution in [0.5, 0.6) is 5.75 Å². The van der Waals surface area contributed by atoms with E-state index in [2.05, 4.69) is 10.4 Å². The van der Waals surface area contributed by atoms with Gasteiger partial charge in [-0.3, -0.25) is 9.48 Å². The number of furan rings is 1. The molecule has 2 heterocycles. The van der Waals surface area contributed by atoms with Crippen molar-refractivity contribution < 1.29 is 13.9 Å². The molecule has 2 aromatic heterocycles. The van der Waals surface area contributed by atoms with Gasteiger partial charge in [-0.05, 0) is 42.0 Å². The lowest BCUT2D eigenvalue weighted by Gasteiger charge is -2.06. The van der Waals surface area contributed by atoms with E-state index in [1.165, 1.54) is 0 Å². The summed E-state index contributed by atoms with van der Waals surface area (Å²) in [6.07, 6.45) is 3.28. The van der Waals surface area contributed by atoms with Crippen LogP contribution in [0.4, 0.5) is 5.69 Å². The minimum atomic E-state index is -0.395.